The number of halogens is 1. The molecule has 0 saturated heterocycles. The zero-order chi connectivity index (χ0) is 18.4. The molecule has 0 aliphatic carbocycles. The Kier molecular flexibility index (Phi) is 7.51. The van der Waals surface area contributed by atoms with Crippen LogP contribution >= 0.6 is 39.0 Å². The first-order chi connectivity index (χ1) is 11.8. The van der Waals surface area contributed by atoms with Crippen LogP contribution in [0.25, 0.3) is 0 Å². The van der Waals surface area contributed by atoms with Gasteiger partial charge in [0.25, 0.3) is 10.0 Å². The Morgan fingerprint density at radius 1 is 1.36 bits per heavy atom. The number of carbonyl (C=O) groups excluding carboxylic acids is 1. The molecule has 0 aliphatic heterocycles. The first-order valence-electron chi connectivity index (χ1n) is 7.45. The standard InChI is InChI=1S/C16H19BrN2O3S3/c1-11-10-12(5-6-13(11)17)18-16(20)14(7-9-23-2)19-25(21,22)15-4-3-8-24-15/h3-6,8,10,14,19H,7,9H2,1-2H3,(H,18,20)/t14-/m1/s1. The molecule has 0 spiro atoms. The van der Waals surface area contributed by atoms with Crippen LogP contribution in [0.1, 0.15) is 12.0 Å². The van der Waals surface area contributed by atoms with Gasteiger partial charge < -0.3 is 5.32 Å². The summed E-state index contributed by atoms with van der Waals surface area (Å²) in [5, 5.41) is 4.48. The summed E-state index contributed by atoms with van der Waals surface area (Å²) in [6, 6.07) is 7.81. The zero-order valence-electron chi connectivity index (χ0n) is 13.8. The lowest BCUT2D eigenvalue weighted by atomic mass is 10.2. The lowest BCUT2D eigenvalue weighted by Crippen LogP contribution is -2.43. The molecule has 25 heavy (non-hydrogen) atoms. The van der Waals surface area contributed by atoms with Crippen molar-refractivity contribution in [3.63, 3.8) is 0 Å². The number of hydrogen-bond acceptors (Lipinski definition) is 5. The Morgan fingerprint density at radius 2 is 2.12 bits per heavy atom. The Labute approximate surface area is 164 Å². The third-order valence-corrected chi connectivity index (χ3v) is 7.81. The minimum Gasteiger partial charge on any atom is -0.325 e. The topological polar surface area (TPSA) is 75.3 Å². The molecule has 0 bridgehead atoms. The number of amides is 1. The van der Waals surface area contributed by atoms with Crippen LogP contribution in [0, 0.1) is 6.92 Å². The number of thioether (sulfide) groups is 1. The number of nitrogens with one attached hydrogen (secondary N) is 2. The molecule has 1 heterocycles. The van der Waals surface area contributed by atoms with Gasteiger partial charge >= 0.3 is 0 Å². The van der Waals surface area contributed by atoms with E-state index in [2.05, 4.69) is 26.0 Å². The minimum absolute atomic E-state index is 0.203. The van der Waals surface area contributed by atoms with E-state index >= 15 is 0 Å². The molecule has 1 aromatic carbocycles. The number of thiophene rings is 1. The highest BCUT2D eigenvalue weighted by Gasteiger charge is 2.26. The van der Waals surface area contributed by atoms with Gasteiger partial charge in [0.05, 0.1) is 0 Å². The van der Waals surface area contributed by atoms with Crippen LogP contribution in [0.5, 0.6) is 0 Å². The van der Waals surface area contributed by atoms with Gasteiger partial charge in [0.2, 0.25) is 5.91 Å². The lowest BCUT2D eigenvalue weighted by molar-refractivity contribution is -0.117. The molecular weight excluding hydrogens is 444 g/mol. The molecule has 0 aliphatic rings. The number of aryl methyl sites for hydroxylation is 1. The van der Waals surface area contributed by atoms with Crippen LogP contribution in [0.4, 0.5) is 5.69 Å². The molecule has 1 aromatic heterocycles. The molecule has 136 valence electrons. The SMILES string of the molecule is CSCC[C@@H](NS(=O)(=O)c1cccs1)C(=O)Nc1ccc(Br)c(C)c1. The number of anilines is 1. The fourth-order valence-corrected chi connectivity index (χ4v) is 5.05. The molecule has 1 atom stereocenters. The van der Waals surface area contributed by atoms with Crippen molar-refractivity contribution in [2.24, 2.45) is 0 Å². The van der Waals surface area contributed by atoms with Gasteiger partial charge in [0.1, 0.15) is 10.3 Å². The lowest BCUT2D eigenvalue weighted by Gasteiger charge is -2.18. The van der Waals surface area contributed by atoms with Gasteiger partial charge in [-0.15, -0.1) is 11.3 Å². The maximum atomic E-state index is 12.6. The van der Waals surface area contributed by atoms with Crippen LogP contribution in [-0.2, 0) is 14.8 Å². The van der Waals surface area contributed by atoms with Gasteiger partial charge in [-0.2, -0.15) is 16.5 Å². The highest BCUT2D eigenvalue weighted by atomic mass is 79.9. The monoisotopic (exact) mass is 462 g/mol. The van der Waals surface area contributed by atoms with E-state index in [9.17, 15) is 13.2 Å². The fourth-order valence-electron chi connectivity index (χ4n) is 2.09. The first kappa shape index (κ1) is 20.4. The fraction of sp³-hybridized carbons (Fsp3) is 0.312. The quantitative estimate of drug-likeness (QED) is 0.624. The van der Waals surface area contributed by atoms with Crippen LogP contribution in [-0.4, -0.2) is 32.4 Å². The molecule has 2 rings (SSSR count). The molecule has 0 fully saturated rings. The van der Waals surface area contributed by atoms with Crippen molar-refractivity contribution < 1.29 is 13.2 Å². The molecule has 2 N–H and O–H groups in total. The third kappa shape index (κ3) is 5.82. The third-order valence-electron chi connectivity index (χ3n) is 3.41. The van der Waals surface area contributed by atoms with Gasteiger partial charge in [-0.1, -0.05) is 22.0 Å². The largest absolute Gasteiger partial charge is 0.325 e. The van der Waals surface area contributed by atoms with E-state index in [0.29, 0.717) is 17.9 Å². The Bertz CT molecular complexity index is 823. The van der Waals surface area contributed by atoms with Gasteiger partial charge in [-0.3, -0.25) is 4.79 Å². The second kappa shape index (κ2) is 9.18. The summed E-state index contributed by atoms with van der Waals surface area (Å²) < 4.78 is 28.5. The summed E-state index contributed by atoms with van der Waals surface area (Å²) in [7, 11) is -3.71. The summed E-state index contributed by atoms with van der Waals surface area (Å²) in [5.41, 5.74) is 1.62. The normalized spacial score (nSPS) is 12.8. The maximum absolute atomic E-state index is 12.6. The summed E-state index contributed by atoms with van der Waals surface area (Å²) >= 11 is 6.10. The smallest absolute Gasteiger partial charge is 0.250 e. The Balaban J connectivity index is 2.15. The van der Waals surface area contributed by atoms with Crippen LogP contribution in [0.15, 0.2) is 44.4 Å². The molecule has 0 unspecified atom stereocenters. The average Bonchev–Trinajstić information content (AvgIpc) is 3.10. The van der Waals surface area contributed by atoms with E-state index in [1.54, 1.807) is 29.3 Å². The number of sulfonamides is 1. The van der Waals surface area contributed by atoms with Crippen LogP contribution < -0.4 is 10.0 Å². The highest BCUT2D eigenvalue weighted by molar-refractivity contribution is 9.10. The second-order valence-electron chi connectivity index (χ2n) is 5.34. The number of benzene rings is 1. The average molecular weight is 463 g/mol. The van der Waals surface area contributed by atoms with E-state index in [1.165, 1.54) is 6.07 Å². The molecule has 0 radical (unpaired) electrons. The summed E-state index contributed by atoms with van der Waals surface area (Å²) in [6.45, 7) is 1.92. The van der Waals surface area contributed by atoms with E-state index < -0.39 is 16.1 Å². The van der Waals surface area contributed by atoms with Crippen LogP contribution in [0.2, 0.25) is 0 Å². The van der Waals surface area contributed by atoms with Gasteiger partial charge in [0.15, 0.2) is 0 Å². The molecule has 5 nitrogen and oxygen atoms in total. The van der Waals surface area contributed by atoms with Crippen molar-refractivity contribution in [2.45, 2.75) is 23.6 Å². The predicted octanol–water partition coefficient (Wildman–Crippen LogP) is 3.86. The van der Waals surface area contributed by atoms with Crippen molar-refractivity contribution in [2.75, 3.05) is 17.3 Å². The van der Waals surface area contributed by atoms with Gasteiger partial charge in [-0.05, 0) is 60.6 Å². The highest BCUT2D eigenvalue weighted by Crippen LogP contribution is 2.21. The molecular formula is C16H19BrN2O3S3. The molecule has 9 heteroatoms. The van der Waals surface area contributed by atoms with E-state index in [-0.39, 0.29) is 10.1 Å². The zero-order valence-corrected chi connectivity index (χ0v) is 17.8. The minimum atomic E-state index is -3.71. The van der Waals surface area contributed by atoms with E-state index in [0.717, 1.165) is 21.4 Å². The van der Waals surface area contributed by atoms with Crippen molar-refractivity contribution in [1.29, 1.82) is 0 Å². The predicted molar refractivity (Wildman–Crippen MR) is 109 cm³/mol. The number of hydrogen-bond donors (Lipinski definition) is 2. The molecule has 2 aromatic rings. The molecule has 0 saturated carbocycles. The molecule has 1 amide bonds. The van der Waals surface area contributed by atoms with Crippen molar-refractivity contribution >= 4 is 60.6 Å². The van der Waals surface area contributed by atoms with E-state index in [1.807, 2.05) is 25.3 Å². The Morgan fingerprint density at radius 3 is 2.72 bits per heavy atom. The van der Waals surface area contributed by atoms with Gasteiger partial charge in [-0.25, -0.2) is 8.42 Å². The maximum Gasteiger partial charge on any atom is 0.250 e. The summed E-state index contributed by atoms with van der Waals surface area (Å²) in [5.74, 6) is 0.306. The van der Waals surface area contributed by atoms with Gasteiger partial charge in [0, 0.05) is 10.2 Å². The van der Waals surface area contributed by atoms with Crippen molar-refractivity contribution in [3.8, 4) is 0 Å². The first-order valence-corrected chi connectivity index (χ1v) is 12.0. The van der Waals surface area contributed by atoms with E-state index in [4.69, 9.17) is 0 Å². The van der Waals surface area contributed by atoms with Crippen molar-refractivity contribution in [3.05, 3.63) is 45.7 Å². The van der Waals surface area contributed by atoms with Crippen molar-refractivity contribution in [1.82, 2.24) is 4.72 Å². The van der Waals surface area contributed by atoms with Crippen LogP contribution in [0.3, 0.4) is 0 Å². The Hall–Kier alpha value is -0.870. The summed E-state index contributed by atoms with van der Waals surface area (Å²) in [6.07, 6.45) is 2.33. The second-order valence-corrected chi connectivity index (χ2v) is 10.1. The number of carbonyl (C=O) groups is 1. The number of rotatable bonds is 8. The summed E-state index contributed by atoms with van der Waals surface area (Å²) in [4.78, 5) is 12.6.